The van der Waals surface area contributed by atoms with Crippen LogP contribution in [0.15, 0.2) is 11.4 Å². The molecule has 116 valence electrons. The van der Waals surface area contributed by atoms with Gasteiger partial charge in [0.25, 0.3) is 0 Å². The fraction of sp³-hybridized carbons (Fsp3) is 0.538. The SMILES string of the molecule is COC(=O)c1sccc1CNC(=O)C1CC(S(C)(=N)=O)C1. The van der Waals surface area contributed by atoms with Crippen LogP contribution < -0.4 is 5.32 Å². The lowest BCUT2D eigenvalue weighted by Gasteiger charge is -2.34. The number of methoxy groups -OCH3 is 1. The van der Waals surface area contributed by atoms with Gasteiger partial charge in [0.1, 0.15) is 4.88 Å². The minimum absolute atomic E-state index is 0.114. The van der Waals surface area contributed by atoms with Crippen molar-refractivity contribution < 1.29 is 18.5 Å². The number of rotatable bonds is 5. The Bertz CT molecular complexity index is 645. The van der Waals surface area contributed by atoms with Crippen molar-refractivity contribution in [2.45, 2.75) is 24.6 Å². The second kappa shape index (κ2) is 6.15. The van der Waals surface area contributed by atoms with E-state index in [1.807, 2.05) is 0 Å². The third kappa shape index (κ3) is 3.62. The maximum atomic E-state index is 12.0. The highest BCUT2D eigenvalue weighted by Crippen LogP contribution is 2.33. The van der Waals surface area contributed by atoms with Crippen molar-refractivity contribution in [2.75, 3.05) is 13.4 Å². The van der Waals surface area contributed by atoms with E-state index in [0.29, 0.717) is 17.7 Å². The van der Waals surface area contributed by atoms with Gasteiger partial charge in [-0.1, -0.05) is 0 Å². The summed E-state index contributed by atoms with van der Waals surface area (Å²) in [6, 6.07) is 1.78. The Kier molecular flexibility index (Phi) is 4.67. The van der Waals surface area contributed by atoms with Gasteiger partial charge in [-0.3, -0.25) is 9.57 Å². The lowest BCUT2D eigenvalue weighted by atomic mass is 9.84. The Morgan fingerprint density at radius 1 is 1.52 bits per heavy atom. The van der Waals surface area contributed by atoms with Gasteiger partial charge < -0.3 is 10.1 Å². The molecular formula is C13H18N2O4S2. The zero-order valence-corrected chi connectivity index (χ0v) is 13.5. The fourth-order valence-corrected chi connectivity index (χ4v) is 4.26. The molecule has 0 saturated heterocycles. The summed E-state index contributed by atoms with van der Waals surface area (Å²) in [4.78, 5) is 24.0. The second-order valence-electron chi connectivity index (χ2n) is 5.18. The van der Waals surface area contributed by atoms with E-state index < -0.39 is 15.7 Å². The van der Waals surface area contributed by atoms with Gasteiger partial charge in [0, 0.05) is 33.7 Å². The summed E-state index contributed by atoms with van der Waals surface area (Å²) in [7, 11) is -1.23. The Balaban J connectivity index is 1.86. The van der Waals surface area contributed by atoms with Crippen LogP contribution in [0.1, 0.15) is 28.1 Å². The molecule has 8 heteroatoms. The van der Waals surface area contributed by atoms with Gasteiger partial charge >= 0.3 is 5.97 Å². The molecule has 2 rings (SSSR count). The fourth-order valence-electron chi connectivity index (χ4n) is 2.22. The van der Waals surface area contributed by atoms with Gasteiger partial charge in [-0.05, 0) is 29.9 Å². The number of esters is 1. The monoisotopic (exact) mass is 330 g/mol. The summed E-state index contributed by atoms with van der Waals surface area (Å²) in [6.45, 7) is 0.274. The number of nitrogens with one attached hydrogen (secondary N) is 2. The van der Waals surface area contributed by atoms with Gasteiger partial charge in [-0.25, -0.2) is 9.00 Å². The number of hydrogen-bond acceptors (Lipinski definition) is 6. The molecule has 6 nitrogen and oxygen atoms in total. The van der Waals surface area contributed by atoms with Crippen LogP contribution in [0, 0.1) is 10.7 Å². The maximum absolute atomic E-state index is 12.0. The van der Waals surface area contributed by atoms with Crippen molar-refractivity contribution in [3.63, 3.8) is 0 Å². The number of hydrogen-bond donors (Lipinski definition) is 2. The molecule has 1 aromatic heterocycles. The maximum Gasteiger partial charge on any atom is 0.348 e. The molecule has 1 heterocycles. The number of carbonyl (C=O) groups is 2. The molecule has 1 unspecified atom stereocenters. The lowest BCUT2D eigenvalue weighted by molar-refractivity contribution is -0.127. The van der Waals surface area contributed by atoms with Gasteiger partial charge in [0.05, 0.1) is 7.11 Å². The van der Waals surface area contributed by atoms with Crippen LogP contribution in [0.25, 0.3) is 0 Å². The summed E-state index contributed by atoms with van der Waals surface area (Å²) in [5.41, 5.74) is 0.732. The molecule has 1 aromatic rings. The third-order valence-corrected chi connectivity index (χ3v) is 6.27. The van der Waals surface area contributed by atoms with Crippen molar-refractivity contribution in [3.05, 3.63) is 21.9 Å². The number of thiophene rings is 1. The molecule has 0 aliphatic heterocycles. The molecular weight excluding hydrogens is 312 g/mol. The molecule has 1 amide bonds. The zero-order chi connectivity index (χ0) is 15.6. The molecule has 1 aliphatic carbocycles. The molecule has 0 radical (unpaired) electrons. The predicted molar refractivity (Wildman–Crippen MR) is 80.8 cm³/mol. The van der Waals surface area contributed by atoms with E-state index in [0.717, 1.165) is 5.56 Å². The Labute approximate surface area is 127 Å². The van der Waals surface area contributed by atoms with Crippen LogP contribution in [-0.2, 0) is 25.8 Å². The van der Waals surface area contributed by atoms with Crippen LogP contribution in [0.2, 0.25) is 0 Å². The minimum atomic E-state index is -2.55. The van der Waals surface area contributed by atoms with Crippen LogP contribution in [0.4, 0.5) is 0 Å². The summed E-state index contributed by atoms with van der Waals surface area (Å²) < 4.78 is 23.7. The normalized spacial score (nSPS) is 23.7. The molecule has 1 aliphatic rings. The molecule has 1 saturated carbocycles. The van der Waals surface area contributed by atoms with Crippen molar-refractivity contribution in [3.8, 4) is 0 Å². The van der Waals surface area contributed by atoms with E-state index in [1.54, 1.807) is 11.4 Å². The minimum Gasteiger partial charge on any atom is -0.465 e. The molecule has 1 atom stereocenters. The molecule has 2 N–H and O–H groups in total. The van der Waals surface area contributed by atoms with Crippen LogP contribution in [-0.4, -0.2) is 34.7 Å². The third-order valence-electron chi connectivity index (χ3n) is 3.67. The first-order chi connectivity index (χ1) is 9.82. The Hall–Kier alpha value is -1.41. The lowest BCUT2D eigenvalue weighted by Crippen LogP contribution is -2.43. The van der Waals surface area contributed by atoms with Crippen molar-refractivity contribution in [1.82, 2.24) is 5.32 Å². The summed E-state index contributed by atoms with van der Waals surface area (Å²) in [6.07, 6.45) is 2.41. The molecule has 0 bridgehead atoms. The first-order valence-corrected chi connectivity index (χ1v) is 9.39. The largest absolute Gasteiger partial charge is 0.465 e. The van der Waals surface area contributed by atoms with E-state index >= 15 is 0 Å². The highest BCUT2D eigenvalue weighted by atomic mass is 32.2. The van der Waals surface area contributed by atoms with E-state index in [-0.39, 0.29) is 23.6 Å². The van der Waals surface area contributed by atoms with Crippen molar-refractivity contribution >= 4 is 32.9 Å². The van der Waals surface area contributed by atoms with Gasteiger partial charge in [0.15, 0.2) is 0 Å². The van der Waals surface area contributed by atoms with Crippen molar-refractivity contribution in [2.24, 2.45) is 5.92 Å². The highest BCUT2D eigenvalue weighted by molar-refractivity contribution is 7.92. The van der Waals surface area contributed by atoms with Crippen LogP contribution in [0.3, 0.4) is 0 Å². The summed E-state index contributed by atoms with van der Waals surface area (Å²) >= 11 is 1.28. The second-order valence-corrected chi connectivity index (χ2v) is 8.57. The Morgan fingerprint density at radius 3 is 2.76 bits per heavy atom. The topological polar surface area (TPSA) is 96.3 Å². The average Bonchev–Trinajstić information content (AvgIpc) is 2.80. The molecule has 21 heavy (non-hydrogen) atoms. The number of amides is 1. The highest BCUT2D eigenvalue weighted by Gasteiger charge is 2.38. The van der Waals surface area contributed by atoms with E-state index in [9.17, 15) is 13.8 Å². The predicted octanol–water partition coefficient (Wildman–Crippen LogP) is 1.61. The molecule has 0 aromatic carbocycles. The Morgan fingerprint density at radius 2 is 2.19 bits per heavy atom. The van der Waals surface area contributed by atoms with Gasteiger partial charge in [-0.2, -0.15) is 0 Å². The van der Waals surface area contributed by atoms with E-state index in [2.05, 4.69) is 10.1 Å². The first kappa shape index (κ1) is 16.0. The number of ether oxygens (including phenoxy) is 1. The summed E-state index contributed by atoms with van der Waals surface area (Å²) in [5, 5.41) is 4.38. The quantitative estimate of drug-likeness (QED) is 0.802. The standard InChI is InChI=1S/C13H18N2O4S2/c1-19-13(17)11-8(3-4-20-11)7-15-12(16)9-5-10(6-9)21(2,14)18/h3-4,9-10,14H,5-7H2,1-2H3,(H,15,16). The van der Waals surface area contributed by atoms with Crippen molar-refractivity contribution in [1.29, 1.82) is 4.78 Å². The van der Waals surface area contributed by atoms with Crippen LogP contribution in [0.5, 0.6) is 0 Å². The smallest absolute Gasteiger partial charge is 0.348 e. The summed E-state index contributed by atoms with van der Waals surface area (Å²) in [5.74, 6) is -0.698. The van der Waals surface area contributed by atoms with Crippen LogP contribution >= 0.6 is 11.3 Å². The average molecular weight is 330 g/mol. The first-order valence-electron chi connectivity index (χ1n) is 6.48. The van der Waals surface area contributed by atoms with Gasteiger partial charge in [-0.15, -0.1) is 11.3 Å². The number of carbonyl (C=O) groups excluding carboxylic acids is 2. The molecule has 1 fully saturated rings. The van der Waals surface area contributed by atoms with E-state index in [4.69, 9.17) is 4.78 Å². The zero-order valence-electron chi connectivity index (χ0n) is 11.9. The van der Waals surface area contributed by atoms with E-state index in [1.165, 1.54) is 24.7 Å². The van der Waals surface area contributed by atoms with Gasteiger partial charge in [0.2, 0.25) is 5.91 Å². The molecule has 0 spiro atoms.